The first kappa shape index (κ1) is 18.7. The smallest absolute Gasteiger partial charge is 0.318 e. The number of aromatic amines is 1. The van der Waals surface area contributed by atoms with Crippen LogP contribution in [0.2, 0.25) is 0 Å². The summed E-state index contributed by atoms with van der Waals surface area (Å²) in [5, 5.41) is 9.17. The predicted molar refractivity (Wildman–Crippen MR) is 94.5 cm³/mol. The van der Waals surface area contributed by atoms with E-state index in [-0.39, 0.29) is 29.8 Å². The van der Waals surface area contributed by atoms with Crippen LogP contribution in [0.1, 0.15) is 45.4 Å². The van der Waals surface area contributed by atoms with Crippen LogP contribution in [0.4, 0.5) is 0 Å². The fourth-order valence-electron chi connectivity index (χ4n) is 3.70. The lowest BCUT2D eigenvalue weighted by Gasteiger charge is -2.47. The van der Waals surface area contributed by atoms with Crippen molar-refractivity contribution in [2.75, 3.05) is 12.3 Å². The Morgan fingerprint density at radius 2 is 1.96 bits per heavy atom. The van der Waals surface area contributed by atoms with Crippen molar-refractivity contribution in [3.05, 3.63) is 10.5 Å². The number of nitrogens with zero attached hydrogens (tertiary/aromatic N) is 3. The van der Waals surface area contributed by atoms with Gasteiger partial charge in [-0.2, -0.15) is 0 Å². The van der Waals surface area contributed by atoms with Gasteiger partial charge < -0.3 is 4.90 Å². The molecule has 3 rings (SSSR count). The van der Waals surface area contributed by atoms with Crippen molar-refractivity contribution >= 4 is 29.5 Å². The monoisotopic (exact) mass is 381 g/mol. The molecule has 0 radical (unpaired) electrons. The average Bonchev–Trinajstić information content (AvgIpc) is 2.97. The summed E-state index contributed by atoms with van der Waals surface area (Å²) in [7, 11) is 0. The van der Waals surface area contributed by atoms with E-state index in [9.17, 15) is 19.2 Å². The third-order valence-electron chi connectivity index (χ3n) is 4.97. The van der Waals surface area contributed by atoms with E-state index in [0.717, 1.165) is 37.4 Å². The molecule has 1 spiro atoms. The molecule has 142 valence electrons. The van der Waals surface area contributed by atoms with Crippen molar-refractivity contribution in [1.82, 2.24) is 25.0 Å². The molecule has 0 bridgehead atoms. The Hall–Kier alpha value is -2.10. The zero-order chi connectivity index (χ0) is 18.7. The van der Waals surface area contributed by atoms with Gasteiger partial charge in [-0.1, -0.05) is 37.9 Å². The SMILES string of the molecule is CCCn1c(SCC(=O)N2CC(=O)NC(=O)C23CCCCC3)n[nH]c1=O. The molecule has 3 amide bonds. The second-order valence-corrected chi connectivity index (χ2v) is 7.64. The maximum Gasteiger partial charge on any atom is 0.343 e. The largest absolute Gasteiger partial charge is 0.343 e. The van der Waals surface area contributed by atoms with Gasteiger partial charge in [-0.3, -0.25) is 24.3 Å². The molecule has 9 nitrogen and oxygen atoms in total. The van der Waals surface area contributed by atoms with Crippen molar-refractivity contribution < 1.29 is 14.4 Å². The van der Waals surface area contributed by atoms with Crippen LogP contribution in [0.15, 0.2) is 9.95 Å². The Balaban J connectivity index is 1.76. The number of imide groups is 1. The van der Waals surface area contributed by atoms with Gasteiger partial charge in [0.05, 0.1) is 5.75 Å². The predicted octanol–water partition coefficient (Wildman–Crippen LogP) is 0.261. The number of hydrogen-bond donors (Lipinski definition) is 2. The Labute approximate surface area is 154 Å². The highest BCUT2D eigenvalue weighted by molar-refractivity contribution is 7.99. The molecule has 0 unspecified atom stereocenters. The van der Waals surface area contributed by atoms with Crippen LogP contribution in [0.3, 0.4) is 0 Å². The summed E-state index contributed by atoms with van der Waals surface area (Å²) < 4.78 is 1.49. The third kappa shape index (κ3) is 3.42. The van der Waals surface area contributed by atoms with Crippen LogP contribution in [0, 0.1) is 0 Å². The lowest BCUT2D eigenvalue weighted by molar-refractivity contribution is -0.158. The van der Waals surface area contributed by atoms with Gasteiger partial charge in [0.1, 0.15) is 12.1 Å². The van der Waals surface area contributed by atoms with Gasteiger partial charge in [0.2, 0.25) is 11.8 Å². The van der Waals surface area contributed by atoms with Crippen LogP contribution in [0.5, 0.6) is 0 Å². The van der Waals surface area contributed by atoms with E-state index in [1.54, 1.807) is 0 Å². The second kappa shape index (κ2) is 7.65. The zero-order valence-electron chi connectivity index (χ0n) is 14.7. The second-order valence-electron chi connectivity index (χ2n) is 6.70. The number of carbonyl (C=O) groups is 3. The number of H-pyrrole nitrogens is 1. The summed E-state index contributed by atoms with van der Waals surface area (Å²) in [5.41, 5.74) is -1.23. The lowest BCUT2D eigenvalue weighted by Crippen LogP contribution is -2.69. The fourth-order valence-corrected chi connectivity index (χ4v) is 4.55. The highest BCUT2D eigenvalue weighted by Crippen LogP contribution is 2.36. The molecule has 1 aromatic rings. The number of piperazine rings is 1. The van der Waals surface area contributed by atoms with Crippen LogP contribution in [0.25, 0.3) is 0 Å². The summed E-state index contributed by atoms with van der Waals surface area (Å²) in [4.78, 5) is 50.4. The highest BCUT2D eigenvalue weighted by atomic mass is 32.2. The van der Waals surface area contributed by atoms with Crippen LogP contribution >= 0.6 is 11.8 Å². The average molecular weight is 381 g/mol. The number of rotatable bonds is 5. The Bertz CT molecular complexity index is 765. The molecule has 0 atom stereocenters. The van der Waals surface area contributed by atoms with E-state index in [2.05, 4.69) is 15.5 Å². The number of thioether (sulfide) groups is 1. The maximum atomic E-state index is 12.9. The molecule has 1 saturated heterocycles. The Morgan fingerprint density at radius 3 is 2.65 bits per heavy atom. The van der Waals surface area contributed by atoms with Crippen molar-refractivity contribution in [1.29, 1.82) is 0 Å². The molecule has 1 aromatic heterocycles. The van der Waals surface area contributed by atoms with Gasteiger partial charge >= 0.3 is 5.69 Å². The van der Waals surface area contributed by atoms with E-state index in [1.165, 1.54) is 9.47 Å². The van der Waals surface area contributed by atoms with E-state index in [0.29, 0.717) is 24.5 Å². The van der Waals surface area contributed by atoms with E-state index in [4.69, 9.17) is 0 Å². The first-order valence-corrected chi connectivity index (χ1v) is 9.89. The topological polar surface area (TPSA) is 117 Å². The molecule has 2 fully saturated rings. The summed E-state index contributed by atoms with van der Waals surface area (Å²) in [6, 6.07) is 0. The van der Waals surface area contributed by atoms with Gasteiger partial charge in [-0.15, -0.1) is 5.10 Å². The Morgan fingerprint density at radius 1 is 1.23 bits per heavy atom. The van der Waals surface area contributed by atoms with Gasteiger partial charge in [-0.25, -0.2) is 9.89 Å². The minimum absolute atomic E-state index is 0.0241. The van der Waals surface area contributed by atoms with Crippen molar-refractivity contribution in [3.63, 3.8) is 0 Å². The highest BCUT2D eigenvalue weighted by Gasteiger charge is 2.50. The van der Waals surface area contributed by atoms with Crippen molar-refractivity contribution in [3.8, 4) is 0 Å². The molecular formula is C16H23N5O4S. The number of nitrogens with one attached hydrogen (secondary N) is 2. The molecule has 1 aliphatic carbocycles. The number of hydrogen-bond acceptors (Lipinski definition) is 6. The zero-order valence-corrected chi connectivity index (χ0v) is 15.6. The molecule has 26 heavy (non-hydrogen) atoms. The van der Waals surface area contributed by atoms with E-state index >= 15 is 0 Å². The van der Waals surface area contributed by atoms with Gasteiger partial charge in [0.15, 0.2) is 5.16 Å². The van der Waals surface area contributed by atoms with E-state index < -0.39 is 11.4 Å². The molecule has 2 heterocycles. The quantitative estimate of drug-likeness (QED) is 0.558. The normalized spacial score (nSPS) is 19.7. The molecule has 2 aliphatic rings. The fraction of sp³-hybridized carbons (Fsp3) is 0.688. The molecule has 0 aromatic carbocycles. The lowest BCUT2D eigenvalue weighted by atomic mass is 9.78. The van der Waals surface area contributed by atoms with Gasteiger partial charge in [0.25, 0.3) is 5.91 Å². The van der Waals surface area contributed by atoms with E-state index in [1.807, 2.05) is 6.92 Å². The van der Waals surface area contributed by atoms with Gasteiger partial charge in [-0.05, 0) is 19.3 Å². The number of aromatic nitrogens is 3. The molecule has 2 N–H and O–H groups in total. The minimum Gasteiger partial charge on any atom is -0.318 e. The first-order chi connectivity index (χ1) is 12.5. The van der Waals surface area contributed by atoms with Crippen LogP contribution in [-0.4, -0.2) is 55.2 Å². The molecule has 1 aliphatic heterocycles. The maximum absolute atomic E-state index is 12.9. The summed E-state index contributed by atoms with van der Waals surface area (Å²) in [6.45, 7) is 2.36. The first-order valence-electron chi connectivity index (χ1n) is 8.90. The Kier molecular flexibility index (Phi) is 5.49. The summed E-state index contributed by atoms with van der Waals surface area (Å²) in [6.07, 6.45) is 4.65. The minimum atomic E-state index is -0.918. The molecule has 10 heteroatoms. The third-order valence-corrected chi connectivity index (χ3v) is 5.93. The number of carbonyl (C=O) groups excluding carboxylic acids is 3. The van der Waals surface area contributed by atoms with Crippen molar-refractivity contribution in [2.45, 2.75) is 62.7 Å². The van der Waals surface area contributed by atoms with Crippen molar-refractivity contribution in [2.24, 2.45) is 0 Å². The van der Waals surface area contributed by atoms with Crippen LogP contribution in [-0.2, 0) is 20.9 Å². The number of amides is 3. The summed E-state index contributed by atoms with van der Waals surface area (Å²) in [5.74, 6) is -1.07. The van der Waals surface area contributed by atoms with Crippen LogP contribution < -0.4 is 11.0 Å². The standard InChI is InChI=1S/C16H23N5O4S/c1-2-8-20-14(25)18-19-15(20)26-10-12(23)21-9-11(22)17-13(24)16(21)6-4-3-5-7-16/h2-10H2,1H3,(H,18,25)(H,17,22,24). The molecule has 1 saturated carbocycles. The summed E-state index contributed by atoms with van der Waals surface area (Å²) >= 11 is 1.15. The van der Waals surface area contributed by atoms with Gasteiger partial charge in [0, 0.05) is 6.54 Å². The molecular weight excluding hydrogens is 358 g/mol.